The Bertz CT molecular complexity index is 609. The van der Waals surface area contributed by atoms with E-state index in [0.717, 1.165) is 12.1 Å². The van der Waals surface area contributed by atoms with Crippen molar-refractivity contribution >= 4 is 23.5 Å². The van der Waals surface area contributed by atoms with Crippen LogP contribution >= 0.6 is 0 Å². The van der Waals surface area contributed by atoms with Crippen molar-refractivity contribution in [1.82, 2.24) is 0 Å². The first kappa shape index (κ1) is 13.8. The van der Waals surface area contributed by atoms with Crippen LogP contribution in [0, 0.1) is 10.1 Å². The van der Waals surface area contributed by atoms with Crippen molar-refractivity contribution in [2.45, 2.75) is 12.8 Å². The summed E-state index contributed by atoms with van der Waals surface area (Å²) < 4.78 is 0. The molecule has 1 N–H and O–H groups in total. The first-order valence-corrected chi connectivity index (χ1v) is 5.52. The van der Waals surface area contributed by atoms with Gasteiger partial charge in [0.1, 0.15) is 10.4 Å². The van der Waals surface area contributed by atoms with E-state index in [-0.39, 0.29) is 12.8 Å². The van der Waals surface area contributed by atoms with Crippen molar-refractivity contribution in [2.24, 2.45) is 0 Å². The smallest absolute Gasteiger partial charge is 0.258 e. The number of rotatable bonds is 3. The molecule has 0 aromatic heterocycles. The van der Waals surface area contributed by atoms with Gasteiger partial charge in [-0.2, -0.15) is 5.21 Å². The van der Waals surface area contributed by atoms with Crippen LogP contribution < -0.4 is 0 Å². The molecule has 1 fully saturated rings. The molecule has 9 heteroatoms. The predicted octanol–water partition coefficient (Wildman–Crippen LogP) is 0.720. The number of hydrogen-bond donors (Lipinski definition) is 1. The molecule has 0 saturated carbocycles. The molecular weight excluding hydrogens is 272 g/mol. The average Bonchev–Trinajstić information content (AvgIpc) is 2.66. The number of benzene rings is 1. The van der Waals surface area contributed by atoms with Gasteiger partial charge < -0.3 is 0 Å². The molecule has 2 rings (SSSR count). The van der Waals surface area contributed by atoms with E-state index in [1.165, 1.54) is 12.1 Å². The van der Waals surface area contributed by atoms with Crippen LogP contribution in [-0.4, -0.2) is 32.7 Å². The second kappa shape index (κ2) is 4.79. The SMILES string of the molecule is O=C(O[N+]1(O)C(=O)CCC1=O)c1ccccc1[N+](=O)[O-]. The third-order valence-electron chi connectivity index (χ3n) is 2.76. The quantitative estimate of drug-likeness (QED) is 0.284. The van der Waals surface area contributed by atoms with Crippen LogP contribution in [0.1, 0.15) is 23.2 Å². The number of nitro groups is 1. The van der Waals surface area contributed by atoms with Gasteiger partial charge in [-0.05, 0) is 6.07 Å². The second-order valence-corrected chi connectivity index (χ2v) is 4.02. The Hall–Kier alpha value is -2.65. The molecular formula is C11H9N2O7+. The van der Waals surface area contributed by atoms with Gasteiger partial charge in [0.15, 0.2) is 0 Å². The van der Waals surface area contributed by atoms with Crippen molar-refractivity contribution in [3.63, 3.8) is 0 Å². The van der Waals surface area contributed by atoms with Crippen LogP contribution in [0.3, 0.4) is 0 Å². The maximum atomic E-state index is 11.8. The highest BCUT2D eigenvalue weighted by Gasteiger charge is 2.55. The molecule has 1 aromatic carbocycles. The van der Waals surface area contributed by atoms with Gasteiger partial charge in [-0.25, -0.2) is 19.2 Å². The molecule has 0 unspecified atom stereocenters. The van der Waals surface area contributed by atoms with E-state index >= 15 is 0 Å². The Balaban J connectivity index is 2.32. The summed E-state index contributed by atoms with van der Waals surface area (Å²) >= 11 is 0. The largest absolute Gasteiger partial charge is 0.410 e. The molecule has 20 heavy (non-hydrogen) atoms. The summed E-state index contributed by atoms with van der Waals surface area (Å²) in [5.74, 6) is -3.33. The second-order valence-electron chi connectivity index (χ2n) is 4.02. The fourth-order valence-corrected chi connectivity index (χ4v) is 1.73. The molecule has 0 atom stereocenters. The topological polar surface area (TPSA) is 124 Å². The van der Waals surface area contributed by atoms with Crippen LogP contribution in [-0.2, 0) is 14.4 Å². The zero-order valence-electron chi connectivity index (χ0n) is 10.0. The number of nitrogens with zero attached hydrogens (tertiary/aromatic N) is 2. The first-order valence-electron chi connectivity index (χ1n) is 5.52. The van der Waals surface area contributed by atoms with Gasteiger partial charge >= 0.3 is 17.8 Å². The molecule has 0 spiro atoms. The van der Waals surface area contributed by atoms with E-state index in [1.807, 2.05) is 0 Å². The lowest BCUT2D eigenvalue weighted by Gasteiger charge is -2.15. The number of amides is 2. The highest BCUT2D eigenvalue weighted by molar-refractivity contribution is 5.96. The molecule has 0 bridgehead atoms. The van der Waals surface area contributed by atoms with E-state index in [4.69, 9.17) is 0 Å². The zero-order chi connectivity index (χ0) is 14.9. The van der Waals surface area contributed by atoms with Gasteiger partial charge in [-0.3, -0.25) is 10.1 Å². The molecule has 104 valence electrons. The molecule has 1 aliphatic heterocycles. The number of hydroxylamine groups is 4. The Morgan fingerprint density at radius 2 is 1.80 bits per heavy atom. The monoisotopic (exact) mass is 281 g/mol. The number of hydrogen-bond acceptors (Lipinski definition) is 7. The minimum atomic E-state index is -2.11. The molecule has 0 aliphatic carbocycles. The number of para-hydroxylation sites is 1. The molecule has 1 aliphatic rings. The van der Waals surface area contributed by atoms with E-state index < -0.39 is 38.8 Å². The van der Waals surface area contributed by atoms with E-state index in [1.54, 1.807) is 0 Å². The Kier molecular flexibility index (Phi) is 3.30. The molecule has 1 aromatic rings. The molecule has 0 radical (unpaired) electrons. The van der Waals surface area contributed by atoms with Crippen LogP contribution in [0.2, 0.25) is 0 Å². The first-order chi connectivity index (χ1) is 9.36. The van der Waals surface area contributed by atoms with Gasteiger partial charge in [0.05, 0.1) is 17.8 Å². The summed E-state index contributed by atoms with van der Waals surface area (Å²) in [6.07, 6.45) is -0.529. The zero-order valence-corrected chi connectivity index (χ0v) is 10.0. The lowest BCUT2D eigenvalue weighted by molar-refractivity contribution is -1.12. The number of quaternary nitrogens is 1. The average molecular weight is 281 g/mol. The predicted molar refractivity (Wildman–Crippen MR) is 59.8 cm³/mol. The van der Waals surface area contributed by atoms with E-state index in [0.29, 0.717) is 0 Å². The third kappa shape index (κ3) is 2.15. The van der Waals surface area contributed by atoms with Gasteiger partial charge in [0.2, 0.25) is 0 Å². The minimum absolute atomic E-state index is 0.264. The summed E-state index contributed by atoms with van der Waals surface area (Å²) in [5.41, 5.74) is -1.01. The number of nitro benzene ring substituents is 1. The Morgan fingerprint density at radius 3 is 2.35 bits per heavy atom. The fourth-order valence-electron chi connectivity index (χ4n) is 1.73. The van der Waals surface area contributed by atoms with E-state index in [2.05, 4.69) is 4.84 Å². The molecule has 2 amide bonds. The maximum Gasteiger partial charge on any atom is 0.410 e. The normalized spacial score (nSPS) is 17.1. The summed E-state index contributed by atoms with van der Waals surface area (Å²) in [6.45, 7) is 0. The van der Waals surface area contributed by atoms with Gasteiger partial charge in [0, 0.05) is 6.07 Å². The lowest BCUT2D eigenvalue weighted by atomic mass is 10.2. The summed E-state index contributed by atoms with van der Waals surface area (Å²) in [5, 5.41) is 20.5. The van der Waals surface area contributed by atoms with Gasteiger partial charge in [-0.1, -0.05) is 12.1 Å². The Morgan fingerprint density at radius 1 is 1.25 bits per heavy atom. The van der Waals surface area contributed by atoms with Gasteiger partial charge in [-0.15, -0.1) is 0 Å². The fraction of sp³-hybridized carbons (Fsp3) is 0.182. The van der Waals surface area contributed by atoms with Crippen LogP contribution in [0.5, 0.6) is 0 Å². The molecule has 9 nitrogen and oxygen atoms in total. The number of carbonyl (C=O) groups is 3. The Labute approximate surface area is 111 Å². The standard InChI is InChI=1S/C11H9N2O7/c14-9-5-6-10(15)13(9,19)20-11(16)7-3-1-2-4-8(7)12(17)18/h1-4,19H,5-6H2/q+1. The van der Waals surface area contributed by atoms with Crippen molar-refractivity contribution < 1.29 is 34.2 Å². The van der Waals surface area contributed by atoms with Crippen molar-refractivity contribution in [3.05, 3.63) is 39.9 Å². The van der Waals surface area contributed by atoms with Crippen molar-refractivity contribution in [3.8, 4) is 0 Å². The third-order valence-corrected chi connectivity index (χ3v) is 2.76. The van der Waals surface area contributed by atoms with Crippen LogP contribution in [0.4, 0.5) is 5.69 Å². The summed E-state index contributed by atoms with van der Waals surface area (Å²) in [4.78, 5) is 46.9. The summed E-state index contributed by atoms with van der Waals surface area (Å²) in [7, 11) is 0. The lowest BCUT2D eigenvalue weighted by Crippen LogP contribution is -2.50. The highest BCUT2D eigenvalue weighted by atomic mass is 17.0. The maximum absolute atomic E-state index is 11.8. The number of carbonyl (C=O) groups excluding carboxylic acids is 3. The minimum Gasteiger partial charge on any atom is -0.258 e. The van der Waals surface area contributed by atoms with Crippen molar-refractivity contribution in [1.29, 1.82) is 0 Å². The molecule has 1 saturated heterocycles. The van der Waals surface area contributed by atoms with E-state index in [9.17, 15) is 29.7 Å². The van der Waals surface area contributed by atoms with Crippen molar-refractivity contribution in [2.75, 3.05) is 0 Å². The molecule has 1 heterocycles. The van der Waals surface area contributed by atoms with Crippen LogP contribution in [0.15, 0.2) is 24.3 Å². The highest BCUT2D eigenvalue weighted by Crippen LogP contribution is 2.24. The van der Waals surface area contributed by atoms with Crippen LogP contribution in [0.25, 0.3) is 0 Å². The summed E-state index contributed by atoms with van der Waals surface area (Å²) in [6, 6.07) is 4.84. The number of imide groups is 1. The van der Waals surface area contributed by atoms with Gasteiger partial charge in [0.25, 0.3) is 5.69 Å².